The van der Waals surface area contributed by atoms with Crippen LogP contribution in [0, 0.1) is 6.92 Å². The lowest BCUT2D eigenvalue weighted by Gasteiger charge is -2.20. The van der Waals surface area contributed by atoms with Gasteiger partial charge in [-0.1, -0.05) is 0 Å². The number of nitrogens with zero attached hydrogens (tertiary/aromatic N) is 6. The SMILES string of the molecule is CC(=O)Nc1cc2c(cn1)C1(CC1)CN2c1cc(C)nc(-c2cnn(C(C)C)c2)n1. The first-order valence-corrected chi connectivity index (χ1v) is 10.3. The van der Waals surface area contributed by atoms with Gasteiger partial charge in [0.15, 0.2) is 5.82 Å². The molecular formula is C22H25N7O. The number of hydrogen-bond acceptors (Lipinski definition) is 6. The fourth-order valence-electron chi connectivity index (χ4n) is 4.14. The van der Waals surface area contributed by atoms with Crippen molar-refractivity contribution in [1.82, 2.24) is 24.7 Å². The number of rotatable bonds is 4. The summed E-state index contributed by atoms with van der Waals surface area (Å²) in [6, 6.07) is 4.25. The highest BCUT2D eigenvalue weighted by atomic mass is 16.1. The summed E-state index contributed by atoms with van der Waals surface area (Å²) in [7, 11) is 0. The molecule has 1 aliphatic heterocycles. The maximum atomic E-state index is 11.5. The lowest BCUT2D eigenvalue weighted by atomic mass is 10.0. The maximum Gasteiger partial charge on any atom is 0.222 e. The van der Waals surface area contributed by atoms with Gasteiger partial charge >= 0.3 is 0 Å². The molecule has 1 aliphatic carbocycles. The zero-order valence-electron chi connectivity index (χ0n) is 17.7. The zero-order valence-corrected chi connectivity index (χ0v) is 17.7. The number of aryl methyl sites for hydroxylation is 1. The van der Waals surface area contributed by atoms with Crippen molar-refractivity contribution in [3.63, 3.8) is 0 Å². The first-order valence-electron chi connectivity index (χ1n) is 10.3. The summed E-state index contributed by atoms with van der Waals surface area (Å²) in [5.74, 6) is 1.97. The van der Waals surface area contributed by atoms with Crippen molar-refractivity contribution in [2.45, 2.75) is 52.0 Å². The summed E-state index contributed by atoms with van der Waals surface area (Å²) in [5, 5.41) is 7.23. The van der Waals surface area contributed by atoms with Gasteiger partial charge in [-0.3, -0.25) is 9.48 Å². The number of pyridine rings is 1. The molecule has 8 heteroatoms. The van der Waals surface area contributed by atoms with Gasteiger partial charge < -0.3 is 10.2 Å². The molecule has 5 rings (SSSR count). The fourth-order valence-corrected chi connectivity index (χ4v) is 4.14. The van der Waals surface area contributed by atoms with Crippen LogP contribution < -0.4 is 10.2 Å². The number of aromatic nitrogens is 5. The summed E-state index contributed by atoms with van der Waals surface area (Å²) in [6.45, 7) is 8.54. The largest absolute Gasteiger partial charge is 0.325 e. The third-order valence-corrected chi connectivity index (χ3v) is 5.87. The number of carbonyl (C=O) groups excluding carboxylic acids is 1. The van der Waals surface area contributed by atoms with E-state index in [9.17, 15) is 4.79 Å². The van der Waals surface area contributed by atoms with Crippen molar-refractivity contribution in [2.75, 3.05) is 16.8 Å². The average Bonchev–Trinajstić information content (AvgIpc) is 3.16. The number of fused-ring (bicyclic) bond motifs is 2. The molecule has 0 aromatic carbocycles. The lowest BCUT2D eigenvalue weighted by molar-refractivity contribution is -0.114. The predicted molar refractivity (Wildman–Crippen MR) is 115 cm³/mol. The standard InChI is InChI=1S/C22H25N7O/c1-13(2)29-11-16(9-24-29)21-25-14(3)7-20(27-21)28-12-22(5-6-22)17-10-23-19(8-18(17)28)26-15(4)30/h7-11,13H,5-6,12H2,1-4H3,(H,23,26,30). The van der Waals surface area contributed by atoms with E-state index in [1.54, 1.807) is 0 Å². The third-order valence-electron chi connectivity index (χ3n) is 5.87. The number of amides is 1. The molecule has 1 saturated carbocycles. The summed E-state index contributed by atoms with van der Waals surface area (Å²) in [6.07, 6.45) is 8.01. The second kappa shape index (κ2) is 6.62. The number of nitrogens with one attached hydrogen (secondary N) is 1. The Hall–Kier alpha value is -3.29. The zero-order chi connectivity index (χ0) is 21.0. The highest BCUT2D eigenvalue weighted by Crippen LogP contribution is 2.58. The van der Waals surface area contributed by atoms with Gasteiger partial charge in [0, 0.05) is 60.7 Å². The average molecular weight is 403 g/mol. The number of hydrogen-bond donors (Lipinski definition) is 1. The summed E-state index contributed by atoms with van der Waals surface area (Å²) in [4.78, 5) is 27.7. The Morgan fingerprint density at radius 1 is 1.20 bits per heavy atom. The molecule has 154 valence electrons. The second-order valence-corrected chi connectivity index (χ2v) is 8.63. The van der Waals surface area contributed by atoms with Gasteiger partial charge in [-0.15, -0.1) is 0 Å². The van der Waals surface area contributed by atoms with Gasteiger partial charge in [0.25, 0.3) is 0 Å². The van der Waals surface area contributed by atoms with Crippen molar-refractivity contribution in [2.24, 2.45) is 0 Å². The van der Waals surface area contributed by atoms with Crippen LogP contribution in [0.15, 0.2) is 30.7 Å². The summed E-state index contributed by atoms with van der Waals surface area (Å²) >= 11 is 0. The molecule has 3 aromatic heterocycles. The minimum atomic E-state index is -0.129. The van der Waals surface area contributed by atoms with Crippen LogP contribution in [0.25, 0.3) is 11.4 Å². The highest BCUT2D eigenvalue weighted by molar-refractivity contribution is 5.89. The van der Waals surface area contributed by atoms with E-state index in [1.165, 1.54) is 12.5 Å². The molecule has 1 N–H and O–H groups in total. The van der Waals surface area contributed by atoms with Crippen LogP contribution >= 0.6 is 0 Å². The molecule has 1 spiro atoms. The van der Waals surface area contributed by atoms with E-state index in [1.807, 2.05) is 42.3 Å². The van der Waals surface area contributed by atoms with Crippen LogP contribution in [0.1, 0.15) is 50.9 Å². The molecular weight excluding hydrogens is 378 g/mol. The van der Waals surface area contributed by atoms with E-state index in [4.69, 9.17) is 4.98 Å². The number of carbonyl (C=O) groups is 1. The van der Waals surface area contributed by atoms with Crippen LogP contribution in [0.2, 0.25) is 0 Å². The Bertz CT molecular complexity index is 1150. The fraction of sp³-hybridized carbons (Fsp3) is 0.409. The molecule has 0 saturated heterocycles. The molecule has 1 fully saturated rings. The van der Waals surface area contributed by atoms with Crippen molar-refractivity contribution >= 4 is 23.2 Å². The van der Waals surface area contributed by atoms with Gasteiger partial charge in [-0.25, -0.2) is 15.0 Å². The predicted octanol–water partition coefficient (Wildman–Crippen LogP) is 3.77. The smallest absolute Gasteiger partial charge is 0.222 e. The topological polar surface area (TPSA) is 88.8 Å². The van der Waals surface area contributed by atoms with Crippen molar-refractivity contribution < 1.29 is 4.79 Å². The van der Waals surface area contributed by atoms with Gasteiger partial charge in [-0.2, -0.15) is 5.10 Å². The Kier molecular flexibility index (Phi) is 4.13. The van der Waals surface area contributed by atoms with Gasteiger partial charge in [-0.05, 0) is 33.6 Å². The molecule has 1 amide bonds. The van der Waals surface area contributed by atoms with Crippen LogP contribution in [0.5, 0.6) is 0 Å². The van der Waals surface area contributed by atoms with E-state index >= 15 is 0 Å². The third kappa shape index (κ3) is 3.12. The number of anilines is 3. The van der Waals surface area contributed by atoms with Crippen LogP contribution in [0.4, 0.5) is 17.3 Å². The van der Waals surface area contributed by atoms with Crippen LogP contribution in [-0.2, 0) is 10.2 Å². The van der Waals surface area contributed by atoms with Crippen LogP contribution in [-0.4, -0.2) is 37.2 Å². The minimum absolute atomic E-state index is 0.129. The summed E-state index contributed by atoms with van der Waals surface area (Å²) in [5.41, 5.74) is 4.26. The minimum Gasteiger partial charge on any atom is -0.325 e. The highest BCUT2D eigenvalue weighted by Gasteiger charge is 2.52. The van der Waals surface area contributed by atoms with E-state index < -0.39 is 0 Å². The molecule has 4 heterocycles. The molecule has 0 atom stereocenters. The molecule has 30 heavy (non-hydrogen) atoms. The molecule has 3 aromatic rings. The van der Waals surface area contributed by atoms with Gasteiger partial charge in [0.1, 0.15) is 11.6 Å². The van der Waals surface area contributed by atoms with Gasteiger partial charge in [0.2, 0.25) is 5.91 Å². The first-order chi connectivity index (χ1) is 14.3. The molecule has 0 radical (unpaired) electrons. The Balaban J connectivity index is 1.56. The normalized spacial score (nSPS) is 16.2. The Morgan fingerprint density at radius 3 is 2.67 bits per heavy atom. The van der Waals surface area contributed by atoms with E-state index in [-0.39, 0.29) is 17.4 Å². The molecule has 0 bridgehead atoms. The lowest BCUT2D eigenvalue weighted by Crippen LogP contribution is -2.20. The molecule has 2 aliphatic rings. The summed E-state index contributed by atoms with van der Waals surface area (Å²) < 4.78 is 1.91. The monoisotopic (exact) mass is 403 g/mol. The van der Waals surface area contributed by atoms with E-state index in [2.05, 4.69) is 39.1 Å². The molecule has 8 nitrogen and oxygen atoms in total. The molecule has 0 unspecified atom stereocenters. The Labute approximate surface area is 175 Å². The van der Waals surface area contributed by atoms with Crippen LogP contribution in [0.3, 0.4) is 0 Å². The van der Waals surface area contributed by atoms with Crippen molar-refractivity contribution in [3.05, 3.63) is 42.0 Å². The van der Waals surface area contributed by atoms with E-state index in [0.29, 0.717) is 11.6 Å². The van der Waals surface area contributed by atoms with Gasteiger partial charge in [0.05, 0.1) is 17.4 Å². The second-order valence-electron chi connectivity index (χ2n) is 8.63. The Morgan fingerprint density at radius 2 is 2.00 bits per heavy atom. The van der Waals surface area contributed by atoms with Crippen molar-refractivity contribution in [1.29, 1.82) is 0 Å². The quantitative estimate of drug-likeness (QED) is 0.713. The van der Waals surface area contributed by atoms with E-state index in [0.717, 1.165) is 42.1 Å². The van der Waals surface area contributed by atoms with Crippen molar-refractivity contribution in [3.8, 4) is 11.4 Å². The maximum absolute atomic E-state index is 11.5. The first kappa shape index (κ1) is 18.7.